The first-order chi connectivity index (χ1) is 11.1. The number of rotatable bonds is 1. The second-order valence-electron chi connectivity index (χ2n) is 5.47. The second kappa shape index (κ2) is 4.61. The van der Waals surface area contributed by atoms with Gasteiger partial charge in [-0.15, -0.1) is 0 Å². The number of aliphatic hydroxyl groups excluding tert-OH is 2. The highest BCUT2D eigenvalue weighted by Crippen LogP contribution is 2.40. The number of aromatic hydroxyl groups is 1. The molecule has 0 radical (unpaired) electrons. The van der Waals surface area contributed by atoms with Crippen LogP contribution in [0.2, 0.25) is 0 Å². The van der Waals surface area contributed by atoms with E-state index in [9.17, 15) is 20.1 Å². The number of hydrogen-bond acceptors (Lipinski definition) is 4. The Labute approximate surface area is 131 Å². The zero-order chi connectivity index (χ0) is 16.1. The smallest absolute Gasteiger partial charge is 0.232 e. The molecule has 4 nitrogen and oxygen atoms in total. The highest BCUT2D eigenvalue weighted by molar-refractivity contribution is 6.25. The normalized spacial score (nSPS) is 13.7. The Morgan fingerprint density at radius 3 is 2.30 bits per heavy atom. The van der Waals surface area contributed by atoms with Crippen LogP contribution in [0, 0.1) is 0 Å². The van der Waals surface area contributed by atoms with Crippen LogP contribution in [-0.2, 0) is 0 Å². The Bertz CT molecular complexity index is 1020. The number of aliphatic hydroxyl groups is 2. The average molecular weight is 304 g/mol. The molecule has 0 aliphatic heterocycles. The van der Waals surface area contributed by atoms with E-state index in [0.717, 1.165) is 5.39 Å². The van der Waals surface area contributed by atoms with Crippen molar-refractivity contribution in [2.45, 2.75) is 0 Å². The summed E-state index contributed by atoms with van der Waals surface area (Å²) in [6.45, 7) is 0. The van der Waals surface area contributed by atoms with Crippen molar-refractivity contribution >= 4 is 22.3 Å². The Morgan fingerprint density at radius 2 is 1.52 bits per heavy atom. The fourth-order valence-corrected chi connectivity index (χ4v) is 3.08. The zero-order valence-corrected chi connectivity index (χ0v) is 11.9. The molecule has 3 aromatic rings. The van der Waals surface area contributed by atoms with E-state index in [2.05, 4.69) is 0 Å². The summed E-state index contributed by atoms with van der Waals surface area (Å²) >= 11 is 0. The number of benzene rings is 3. The predicted octanol–water partition coefficient (Wildman–Crippen LogP) is 4.19. The molecule has 0 atom stereocenters. The molecule has 0 aromatic heterocycles. The molecule has 23 heavy (non-hydrogen) atoms. The minimum atomic E-state index is -0.655. The van der Waals surface area contributed by atoms with Gasteiger partial charge in [-0.1, -0.05) is 42.5 Å². The van der Waals surface area contributed by atoms with E-state index < -0.39 is 17.3 Å². The van der Waals surface area contributed by atoms with Gasteiger partial charge < -0.3 is 15.3 Å². The molecule has 1 aliphatic carbocycles. The van der Waals surface area contributed by atoms with Crippen LogP contribution in [0.1, 0.15) is 15.9 Å². The first-order valence-corrected chi connectivity index (χ1v) is 7.10. The number of ketones is 1. The Kier molecular flexibility index (Phi) is 2.69. The fraction of sp³-hybridized carbons (Fsp3) is 0. The van der Waals surface area contributed by atoms with Gasteiger partial charge in [0.05, 0.1) is 0 Å². The van der Waals surface area contributed by atoms with E-state index >= 15 is 0 Å². The van der Waals surface area contributed by atoms with Crippen LogP contribution in [0.5, 0.6) is 5.75 Å². The minimum absolute atomic E-state index is 0.0916. The van der Waals surface area contributed by atoms with Crippen molar-refractivity contribution in [2.75, 3.05) is 0 Å². The molecule has 0 saturated heterocycles. The van der Waals surface area contributed by atoms with Crippen molar-refractivity contribution in [3.63, 3.8) is 0 Å². The molecule has 0 fully saturated rings. The Hall–Kier alpha value is -3.27. The summed E-state index contributed by atoms with van der Waals surface area (Å²) in [5.74, 6) is -1.59. The Balaban J connectivity index is 2.15. The molecule has 0 spiro atoms. The standard InChI is InChI=1S/C19H12O4/c20-12-5-1-4-11(9-12)13-8-7-10-3-2-6-14-15(10)16(13)18(22)19(23)17(14)21/h1-9,20-21,23H. The topological polar surface area (TPSA) is 77.8 Å². The molecule has 0 bridgehead atoms. The lowest BCUT2D eigenvalue weighted by atomic mass is 9.85. The molecule has 112 valence electrons. The fourth-order valence-electron chi connectivity index (χ4n) is 3.08. The maximum atomic E-state index is 12.6. The second-order valence-corrected chi connectivity index (χ2v) is 5.47. The number of Topliss-reactive ketones (excluding diaryl/α,β-unsaturated/α-hetero) is 1. The summed E-state index contributed by atoms with van der Waals surface area (Å²) in [6.07, 6.45) is 0. The number of phenolic OH excluding ortho intramolecular Hbond substituents is 1. The maximum absolute atomic E-state index is 12.6. The Morgan fingerprint density at radius 1 is 0.739 bits per heavy atom. The third-order valence-electron chi connectivity index (χ3n) is 4.12. The number of carbonyl (C=O) groups is 1. The van der Waals surface area contributed by atoms with Crippen LogP contribution >= 0.6 is 0 Å². The molecular weight excluding hydrogens is 292 g/mol. The van der Waals surface area contributed by atoms with E-state index in [1.165, 1.54) is 0 Å². The van der Waals surface area contributed by atoms with E-state index in [0.29, 0.717) is 27.6 Å². The van der Waals surface area contributed by atoms with Crippen molar-refractivity contribution in [3.8, 4) is 16.9 Å². The minimum Gasteiger partial charge on any atom is -0.508 e. The third-order valence-corrected chi connectivity index (χ3v) is 4.12. The lowest BCUT2D eigenvalue weighted by Crippen LogP contribution is -2.13. The van der Waals surface area contributed by atoms with E-state index in [1.54, 1.807) is 42.5 Å². The summed E-state index contributed by atoms with van der Waals surface area (Å²) in [5, 5.41) is 31.2. The SMILES string of the molecule is O=C1C(O)=C(O)c2cccc3ccc(-c4cccc(O)c4)c1c23. The van der Waals surface area contributed by atoms with Crippen LogP contribution in [0.4, 0.5) is 0 Å². The van der Waals surface area contributed by atoms with Gasteiger partial charge in [-0.3, -0.25) is 4.79 Å². The molecule has 4 rings (SSSR count). The van der Waals surface area contributed by atoms with Gasteiger partial charge >= 0.3 is 0 Å². The largest absolute Gasteiger partial charge is 0.508 e. The van der Waals surface area contributed by atoms with Crippen molar-refractivity contribution < 1.29 is 20.1 Å². The predicted molar refractivity (Wildman–Crippen MR) is 87.6 cm³/mol. The highest BCUT2D eigenvalue weighted by atomic mass is 16.3. The molecule has 0 saturated carbocycles. The molecule has 0 unspecified atom stereocenters. The van der Waals surface area contributed by atoms with Gasteiger partial charge in [-0.25, -0.2) is 0 Å². The number of hydrogen-bond donors (Lipinski definition) is 3. The summed E-state index contributed by atoms with van der Waals surface area (Å²) < 4.78 is 0. The monoisotopic (exact) mass is 304 g/mol. The lowest BCUT2D eigenvalue weighted by molar-refractivity contribution is 0.0975. The van der Waals surface area contributed by atoms with E-state index in [-0.39, 0.29) is 5.75 Å². The highest BCUT2D eigenvalue weighted by Gasteiger charge is 2.30. The summed E-state index contributed by atoms with van der Waals surface area (Å²) in [5.41, 5.74) is 2.03. The first kappa shape index (κ1) is 13.4. The maximum Gasteiger partial charge on any atom is 0.232 e. The van der Waals surface area contributed by atoms with Crippen molar-refractivity contribution in [1.82, 2.24) is 0 Å². The van der Waals surface area contributed by atoms with Gasteiger partial charge in [0.25, 0.3) is 0 Å². The van der Waals surface area contributed by atoms with Gasteiger partial charge in [0, 0.05) is 16.5 Å². The zero-order valence-electron chi connectivity index (χ0n) is 11.9. The van der Waals surface area contributed by atoms with Crippen molar-refractivity contribution in [2.24, 2.45) is 0 Å². The van der Waals surface area contributed by atoms with Crippen LogP contribution in [0.3, 0.4) is 0 Å². The lowest BCUT2D eigenvalue weighted by Gasteiger charge is -2.19. The van der Waals surface area contributed by atoms with Crippen molar-refractivity contribution in [3.05, 3.63) is 71.5 Å². The quantitative estimate of drug-likeness (QED) is 0.630. The molecule has 0 heterocycles. The average Bonchev–Trinajstić information content (AvgIpc) is 2.57. The van der Waals surface area contributed by atoms with Gasteiger partial charge in [0.1, 0.15) is 5.75 Å². The summed E-state index contributed by atoms with van der Waals surface area (Å²) in [4.78, 5) is 12.6. The van der Waals surface area contributed by atoms with Gasteiger partial charge in [-0.2, -0.15) is 0 Å². The molecule has 4 heteroatoms. The first-order valence-electron chi connectivity index (χ1n) is 7.10. The molecular formula is C19H12O4. The van der Waals surface area contributed by atoms with Crippen LogP contribution < -0.4 is 0 Å². The van der Waals surface area contributed by atoms with Crippen LogP contribution in [0.25, 0.3) is 27.7 Å². The summed E-state index contributed by atoms with van der Waals surface area (Å²) in [7, 11) is 0. The van der Waals surface area contributed by atoms with Gasteiger partial charge in [0.15, 0.2) is 5.76 Å². The molecule has 3 aromatic carbocycles. The number of allylic oxidation sites excluding steroid dienone is 1. The van der Waals surface area contributed by atoms with Gasteiger partial charge in [-0.05, 0) is 28.6 Å². The third kappa shape index (κ3) is 1.82. The van der Waals surface area contributed by atoms with Gasteiger partial charge in [0.2, 0.25) is 11.5 Å². The van der Waals surface area contributed by atoms with E-state index in [1.807, 2.05) is 12.1 Å². The number of carbonyl (C=O) groups excluding carboxylic acids is 1. The molecule has 3 N–H and O–H groups in total. The molecule has 0 amide bonds. The van der Waals surface area contributed by atoms with Crippen LogP contribution in [0.15, 0.2) is 60.4 Å². The number of phenols is 1. The summed E-state index contributed by atoms with van der Waals surface area (Å²) in [6, 6.07) is 15.5. The van der Waals surface area contributed by atoms with Crippen LogP contribution in [-0.4, -0.2) is 21.1 Å². The molecule has 1 aliphatic rings. The van der Waals surface area contributed by atoms with Crippen molar-refractivity contribution in [1.29, 1.82) is 0 Å². The van der Waals surface area contributed by atoms with E-state index in [4.69, 9.17) is 0 Å².